The number of amides is 1. The lowest BCUT2D eigenvalue weighted by Gasteiger charge is -2.27. The van der Waals surface area contributed by atoms with Crippen LogP contribution >= 0.6 is 24.0 Å². The summed E-state index contributed by atoms with van der Waals surface area (Å²) >= 11 is 6.52. The fraction of sp³-hybridized carbons (Fsp3) is 0.593. The summed E-state index contributed by atoms with van der Waals surface area (Å²) in [4.78, 5) is 26.6. The summed E-state index contributed by atoms with van der Waals surface area (Å²) in [5, 5.41) is 9.72. The quantitative estimate of drug-likeness (QED) is 0.153. The molecule has 1 aliphatic rings. The van der Waals surface area contributed by atoms with E-state index < -0.39 is 12.0 Å². The minimum atomic E-state index is -1.04. The average molecular weight is 522 g/mol. The highest BCUT2D eigenvalue weighted by Crippen LogP contribution is 2.37. The van der Waals surface area contributed by atoms with Crippen LogP contribution in [0.3, 0.4) is 0 Å². The van der Waals surface area contributed by atoms with Gasteiger partial charge in [0.05, 0.1) is 17.6 Å². The minimum Gasteiger partial charge on any atom is -0.490 e. The third-order valence-corrected chi connectivity index (χ3v) is 7.48. The second kappa shape index (κ2) is 14.5. The van der Waals surface area contributed by atoms with Gasteiger partial charge in [0, 0.05) is 0 Å². The summed E-state index contributed by atoms with van der Waals surface area (Å²) in [5.41, 5.74) is 0.768. The molecule has 0 aromatic heterocycles. The standard InChI is InChI=1S/C27H39NO5S2/c1-6-9-10-11-12-13-19(5)33-21-15-14-20(16-22(21)32-8-3)17-23-25(29)28(27(34)35-23)24(26(30)31)18(4)7-2/h14-19,24H,6-13H2,1-5H3,(H,30,31). The van der Waals surface area contributed by atoms with Gasteiger partial charge in [-0.25, -0.2) is 4.79 Å². The highest BCUT2D eigenvalue weighted by molar-refractivity contribution is 8.26. The van der Waals surface area contributed by atoms with Crippen molar-refractivity contribution in [2.45, 2.75) is 91.7 Å². The predicted molar refractivity (Wildman–Crippen MR) is 147 cm³/mol. The maximum atomic E-state index is 13.1. The van der Waals surface area contributed by atoms with Gasteiger partial charge >= 0.3 is 5.97 Å². The van der Waals surface area contributed by atoms with Gasteiger partial charge in [0.25, 0.3) is 5.91 Å². The first-order valence-electron chi connectivity index (χ1n) is 12.7. The van der Waals surface area contributed by atoms with E-state index in [4.69, 9.17) is 21.7 Å². The number of thioether (sulfide) groups is 1. The lowest BCUT2D eigenvalue weighted by atomic mass is 9.98. The maximum absolute atomic E-state index is 13.1. The molecule has 0 aliphatic carbocycles. The number of rotatable bonds is 15. The van der Waals surface area contributed by atoms with Crippen LogP contribution in [-0.2, 0) is 9.59 Å². The second-order valence-electron chi connectivity index (χ2n) is 8.99. The molecule has 1 heterocycles. The van der Waals surface area contributed by atoms with Crippen LogP contribution in [0, 0.1) is 5.92 Å². The summed E-state index contributed by atoms with van der Waals surface area (Å²) in [5.74, 6) is -0.332. The number of nitrogens with zero attached hydrogens (tertiary/aromatic N) is 1. The number of benzene rings is 1. The van der Waals surface area contributed by atoms with Crippen molar-refractivity contribution in [1.29, 1.82) is 0 Å². The summed E-state index contributed by atoms with van der Waals surface area (Å²) in [7, 11) is 0. The zero-order chi connectivity index (χ0) is 26.0. The van der Waals surface area contributed by atoms with Crippen molar-refractivity contribution in [2.24, 2.45) is 5.92 Å². The number of thiocarbonyl (C=S) groups is 1. The lowest BCUT2D eigenvalue weighted by Crippen LogP contribution is -2.47. The Kier molecular flexibility index (Phi) is 12.1. The van der Waals surface area contributed by atoms with E-state index in [-0.39, 0.29) is 22.2 Å². The zero-order valence-corrected chi connectivity index (χ0v) is 23.2. The predicted octanol–water partition coefficient (Wildman–Crippen LogP) is 6.91. The monoisotopic (exact) mass is 521 g/mol. The van der Waals surface area contributed by atoms with Crippen LogP contribution in [0.15, 0.2) is 23.1 Å². The molecule has 1 aromatic rings. The average Bonchev–Trinajstić information content (AvgIpc) is 3.08. The zero-order valence-electron chi connectivity index (χ0n) is 21.5. The molecule has 0 spiro atoms. The van der Waals surface area contributed by atoms with Crippen LogP contribution in [0.25, 0.3) is 6.08 Å². The first kappa shape index (κ1) is 29.2. The van der Waals surface area contributed by atoms with Crippen molar-refractivity contribution in [1.82, 2.24) is 4.90 Å². The van der Waals surface area contributed by atoms with E-state index in [1.165, 1.54) is 30.6 Å². The summed E-state index contributed by atoms with van der Waals surface area (Å²) in [6.45, 7) is 10.4. The molecular formula is C27H39NO5S2. The normalized spacial score (nSPS) is 17.5. The largest absolute Gasteiger partial charge is 0.490 e. The van der Waals surface area contributed by atoms with Gasteiger partial charge in [-0.1, -0.05) is 82.9 Å². The number of carboxylic acids is 1. The Morgan fingerprint density at radius 2 is 1.86 bits per heavy atom. The Labute approximate surface area is 219 Å². The van der Waals surface area contributed by atoms with Crippen molar-refractivity contribution >= 4 is 46.3 Å². The molecule has 1 aromatic carbocycles. The molecule has 3 unspecified atom stereocenters. The molecular weight excluding hydrogens is 482 g/mol. The van der Waals surface area contributed by atoms with E-state index in [0.29, 0.717) is 29.4 Å². The third-order valence-electron chi connectivity index (χ3n) is 6.15. The number of aliphatic carboxylic acids is 1. The molecule has 194 valence electrons. The van der Waals surface area contributed by atoms with Crippen LogP contribution in [0.5, 0.6) is 11.5 Å². The minimum absolute atomic E-state index is 0.0754. The first-order valence-corrected chi connectivity index (χ1v) is 13.9. The van der Waals surface area contributed by atoms with Crippen LogP contribution in [0.4, 0.5) is 0 Å². The van der Waals surface area contributed by atoms with E-state index in [9.17, 15) is 14.7 Å². The number of carboxylic acid groups (broad SMARTS) is 1. The van der Waals surface area contributed by atoms with Gasteiger partial charge in [0.15, 0.2) is 11.5 Å². The van der Waals surface area contributed by atoms with E-state index in [1.807, 2.05) is 39.0 Å². The summed E-state index contributed by atoms with van der Waals surface area (Å²) < 4.78 is 12.3. The number of hydrogen-bond donors (Lipinski definition) is 1. The van der Waals surface area contributed by atoms with Crippen molar-refractivity contribution in [3.05, 3.63) is 28.7 Å². The molecule has 1 N–H and O–H groups in total. The van der Waals surface area contributed by atoms with Crippen LogP contribution in [-0.4, -0.2) is 45.0 Å². The molecule has 2 rings (SSSR count). The van der Waals surface area contributed by atoms with E-state index >= 15 is 0 Å². The molecule has 0 radical (unpaired) electrons. The van der Waals surface area contributed by atoms with Crippen molar-refractivity contribution in [3.63, 3.8) is 0 Å². The van der Waals surface area contributed by atoms with Crippen molar-refractivity contribution in [3.8, 4) is 11.5 Å². The maximum Gasteiger partial charge on any atom is 0.327 e. The number of unbranched alkanes of at least 4 members (excludes halogenated alkanes) is 4. The second-order valence-corrected chi connectivity index (χ2v) is 10.7. The molecule has 1 amide bonds. The third kappa shape index (κ3) is 8.24. The lowest BCUT2D eigenvalue weighted by molar-refractivity contribution is -0.147. The molecule has 0 bridgehead atoms. The Morgan fingerprint density at radius 3 is 2.49 bits per heavy atom. The van der Waals surface area contributed by atoms with Gasteiger partial charge in [0.2, 0.25) is 0 Å². The van der Waals surface area contributed by atoms with Crippen molar-refractivity contribution < 1.29 is 24.2 Å². The first-order chi connectivity index (χ1) is 16.7. The van der Waals surface area contributed by atoms with Gasteiger partial charge < -0.3 is 14.6 Å². The van der Waals surface area contributed by atoms with E-state index in [1.54, 1.807) is 6.08 Å². The molecule has 0 saturated carbocycles. The van der Waals surface area contributed by atoms with Gasteiger partial charge in [-0.15, -0.1) is 0 Å². The highest BCUT2D eigenvalue weighted by Gasteiger charge is 2.42. The molecule has 1 fully saturated rings. The Bertz CT molecular complexity index is 917. The smallest absolute Gasteiger partial charge is 0.327 e. The fourth-order valence-corrected chi connectivity index (χ4v) is 5.32. The number of carbonyl (C=O) groups excluding carboxylic acids is 1. The summed E-state index contributed by atoms with van der Waals surface area (Å²) in [6.07, 6.45) is 9.56. The Morgan fingerprint density at radius 1 is 1.14 bits per heavy atom. The van der Waals surface area contributed by atoms with Crippen molar-refractivity contribution in [2.75, 3.05) is 6.61 Å². The number of ether oxygens (including phenoxy) is 2. The fourth-order valence-electron chi connectivity index (χ4n) is 3.99. The number of carbonyl (C=O) groups is 2. The van der Waals surface area contributed by atoms with Crippen LogP contribution in [0.1, 0.15) is 85.1 Å². The highest BCUT2D eigenvalue weighted by atomic mass is 32.2. The van der Waals surface area contributed by atoms with Gasteiger partial charge in [-0.2, -0.15) is 0 Å². The van der Waals surface area contributed by atoms with Gasteiger partial charge in [-0.05, 0) is 56.4 Å². The van der Waals surface area contributed by atoms with Crippen LogP contribution < -0.4 is 9.47 Å². The Hall–Kier alpha value is -2.06. The molecule has 1 aliphatic heterocycles. The topological polar surface area (TPSA) is 76.1 Å². The van der Waals surface area contributed by atoms with Gasteiger partial charge in [-0.3, -0.25) is 9.69 Å². The summed E-state index contributed by atoms with van der Waals surface area (Å²) in [6, 6.07) is 4.62. The molecule has 3 atom stereocenters. The molecule has 8 heteroatoms. The SMILES string of the molecule is CCCCCCCC(C)Oc1ccc(C=C2SC(=S)N(C(C(=O)O)C(C)CC)C2=O)cc1OCC. The molecule has 1 saturated heterocycles. The molecule has 35 heavy (non-hydrogen) atoms. The van der Waals surface area contributed by atoms with E-state index in [2.05, 4.69) is 13.8 Å². The van der Waals surface area contributed by atoms with Crippen LogP contribution in [0.2, 0.25) is 0 Å². The van der Waals surface area contributed by atoms with E-state index in [0.717, 1.165) is 30.2 Å². The Balaban J connectivity index is 2.17. The number of hydrogen-bond acceptors (Lipinski definition) is 6. The van der Waals surface area contributed by atoms with Gasteiger partial charge in [0.1, 0.15) is 10.4 Å². The molecule has 6 nitrogen and oxygen atoms in total.